The van der Waals surface area contributed by atoms with E-state index in [4.69, 9.17) is 16.3 Å². The largest absolute Gasteiger partial charge is 0.383 e. The van der Waals surface area contributed by atoms with E-state index in [1.807, 2.05) is 32.9 Å². The highest BCUT2D eigenvalue weighted by Gasteiger charge is 2.16. The zero-order valence-electron chi connectivity index (χ0n) is 14.2. The van der Waals surface area contributed by atoms with Gasteiger partial charge in [0, 0.05) is 17.8 Å². The van der Waals surface area contributed by atoms with E-state index in [9.17, 15) is 4.79 Å². The SMILES string of the molecule is CCC(COC)n1cc(Cl)nc(Nc2c(C)cc(C)cc2Br)c1=O. The molecule has 0 saturated carbocycles. The number of benzene rings is 1. The molecule has 1 N–H and O–H groups in total. The fourth-order valence-corrected chi connectivity index (χ4v) is 3.57. The van der Waals surface area contributed by atoms with Gasteiger partial charge in [0.05, 0.1) is 18.3 Å². The van der Waals surface area contributed by atoms with Gasteiger partial charge in [0.15, 0.2) is 5.82 Å². The zero-order chi connectivity index (χ0) is 17.9. The lowest BCUT2D eigenvalue weighted by Crippen LogP contribution is -2.29. The number of hydrogen-bond acceptors (Lipinski definition) is 4. The van der Waals surface area contributed by atoms with Crippen molar-refractivity contribution in [2.45, 2.75) is 33.2 Å². The maximum atomic E-state index is 12.8. The molecular weight excluding hydrogens is 394 g/mol. The highest BCUT2D eigenvalue weighted by Crippen LogP contribution is 2.29. The van der Waals surface area contributed by atoms with Gasteiger partial charge >= 0.3 is 0 Å². The summed E-state index contributed by atoms with van der Waals surface area (Å²) in [5.41, 5.74) is 2.72. The summed E-state index contributed by atoms with van der Waals surface area (Å²) in [5, 5.41) is 3.38. The van der Waals surface area contributed by atoms with Gasteiger partial charge in [-0.15, -0.1) is 0 Å². The summed E-state index contributed by atoms with van der Waals surface area (Å²) < 4.78 is 7.66. The van der Waals surface area contributed by atoms with Gasteiger partial charge in [-0.1, -0.05) is 24.6 Å². The molecule has 0 radical (unpaired) electrons. The van der Waals surface area contributed by atoms with Crippen LogP contribution in [0.1, 0.15) is 30.5 Å². The molecule has 1 atom stereocenters. The van der Waals surface area contributed by atoms with E-state index in [0.29, 0.717) is 6.61 Å². The highest BCUT2D eigenvalue weighted by molar-refractivity contribution is 9.10. The fraction of sp³-hybridized carbons (Fsp3) is 0.412. The number of methoxy groups -OCH3 is 1. The van der Waals surface area contributed by atoms with E-state index in [1.54, 1.807) is 17.9 Å². The van der Waals surface area contributed by atoms with Crippen LogP contribution in [0.5, 0.6) is 0 Å². The summed E-state index contributed by atoms with van der Waals surface area (Å²) >= 11 is 9.66. The molecule has 7 heteroatoms. The van der Waals surface area contributed by atoms with Crippen molar-refractivity contribution in [2.75, 3.05) is 19.0 Å². The van der Waals surface area contributed by atoms with E-state index in [-0.39, 0.29) is 22.6 Å². The average molecular weight is 415 g/mol. The lowest BCUT2D eigenvalue weighted by atomic mass is 10.1. The van der Waals surface area contributed by atoms with Crippen LogP contribution in [-0.4, -0.2) is 23.3 Å². The van der Waals surface area contributed by atoms with Crippen molar-refractivity contribution in [3.8, 4) is 0 Å². The summed E-state index contributed by atoms with van der Waals surface area (Å²) in [6.45, 7) is 6.42. The second kappa shape index (κ2) is 8.14. The van der Waals surface area contributed by atoms with Crippen molar-refractivity contribution < 1.29 is 4.74 Å². The molecule has 1 aromatic heterocycles. The van der Waals surface area contributed by atoms with E-state index >= 15 is 0 Å². The van der Waals surface area contributed by atoms with E-state index in [0.717, 1.165) is 27.7 Å². The number of rotatable bonds is 6. The third kappa shape index (κ3) is 4.18. The number of hydrogen-bond donors (Lipinski definition) is 1. The molecule has 5 nitrogen and oxygen atoms in total. The van der Waals surface area contributed by atoms with Gasteiger partial charge in [-0.05, 0) is 53.4 Å². The standard InChI is InChI=1S/C17H21BrClN3O2/c1-5-12(9-24-4)22-8-14(19)20-16(17(22)23)21-15-11(3)6-10(2)7-13(15)18/h6-8,12H,5,9H2,1-4H3,(H,20,21). The van der Waals surface area contributed by atoms with Crippen LogP contribution in [0.3, 0.4) is 0 Å². The second-order valence-corrected chi connectivity index (χ2v) is 6.95. The summed E-state index contributed by atoms with van der Waals surface area (Å²) in [5.74, 6) is 0.199. The van der Waals surface area contributed by atoms with E-state index in [1.165, 1.54) is 0 Å². The Balaban J connectivity index is 2.49. The molecule has 130 valence electrons. The van der Waals surface area contributed by atoms with Crippen molar-refractivity contribution in [3.63, 3.8) is 0 Å². The minimum Gasteiger partial charge on any atom is -0.383 e. The van der Waals surface area contributed by atoms with Gasteiger partial charge in [-0.3, -0.25) is 4.79 Å². The molecule has 2 rings (SSSR count). The summed E-state index contributed by atoms with van der Waals surface area (Å²) in [7, 11) is 1.61. The van der Waals surface area contributed by atoms with Gasteiger partial charge < -0.3 is 14.6 Å². The smallest absolute Gasteiger partial charge is 0.294 e. The number of nitrogens with zero attached hydrogens (tertiary/aromatic N) is 2. The van der Waals surface area contributed by atoms with Crippen LogP contribution in [0.4, 0.5) is 11.5 Å². The van der Waals surface area contributed by atoms with Crippen LogP contribution in [0.2, 0.25) is 5.15 Å². The van der Waals surface area contributed by atoms with Crippen LogP contribution >= 0.6 is 27.5 Å². The Morgan fingerprint density at radius 1 is 1.42 bits per heavy atom. The van der Waals surface area contributed by atoms with Crippen LogP contribution in [0.15, 0.2) is 27.6 Å². The van der Waals surface area contributed by atoms with Crippen molar-refractivity contribution in [3.05, 3.63) is 49.4 Å². The molecule has 1 aromatic carbocycles. The number of aryl methyl sites for hydroxylation is 2. The Morgan fingerprint density at radius 3 is 2.71 bits per heavy atom. The minimum absolute atomic E-state index is 0.0916. The Kier molecular flexibility index (Phi) is 6.43. The first kappa shape index (κ1) is 19.0. The molecule has 2 aromatic rings. The number of ether oxygens (including phenoxy) is 1. The van der Waals surface area contributed by atoms with Gasteiger partial charge in [-0.25, -0.2) is 4.98 Å². The lowest BCUT2D eigenvalue weighted by molar-refractivity contribution is 0.151. The Bertz CT molecular complexity index is 769. The third-order valence-corrected chi connectivity index (χ3v) is 4.61. The summed E-state index contributed by atoms with van der Waals surface area (Å²) in [4.78, 5) is 17.0. The maximum Gasteiger partial charge on any atom is 0.294 e. The molecule has 0 spiro atoms. The molecule has 24 heavy (non-hydrogen) atoms. The average Bonchev–Trinajstić information content (AvgIpc) is 2.51. The number of anilines is 2. The molecule has 0 bridgehead atoms. The Labute approximate surface area is 155 Å². The van der Waals surface area contributed by atoms with Crippen LogP contribution in [0, 0.1) is 13.8 Å². The quantitative estimate of drug-likeness (QED) is 0.749. The second-order valence-electron chi connectivity index (χ2n) is 5.71. The van der Waals surface area contributed by atoms with E-state index in [2.05, 4.69) is 26.2 Å². The first-order chi connectivity index (χ1) is 11.4. The molecule has 1 unspecified atom stereocenters. The predicted octanol–water partition coefficient (Wildman–Crippen LogP) is 4.62. The lowest BCUT2D eigenvalue weighted by Gasteiger charge is -2.19. The Morgan fingerprint density at radius 2 is 2.12 bits per heavy atom. The first-order valence-electron chi connectivity index (χ1n) is 7.68. The summed E-state index contributed by atoms with van der Waals surface area (Å²) in [6.07, 6.45) is 2.31. The number of halogens is 2. The van der Waals surface area contributed by atoms with E-state index < -0.39 is 0 Å². The van der Waals surface area contributed by atoms with Gasteiger partial charge in [0.25, 0.3) is 5.56 Å². The molecule has 0 aliphatic rings. The van der Waals surface area contributed by atoms with Gasteiger partial charge in [-0.2, -0.15) is 0 Å². The van der Waals surface area contributed by atoms with Gasteiger partial charge in [0.2, 0.25) is 0 Å². The minimum atomic E-state index is -0.227. The van der Waals surface area contributed by atoms with Crippen molar-refractivity contribution >= 4 is 39.0 Å². The van der Waals surface area contributed by atoms with Crippen LogP contribution < -0.4 is 10.9 Å². The Hall–Kier alpha value is -1.37. The molecule has 1 heterocycles. The molecular formula is C17H21BrClN3O2. The van der Waals surface area contributed by atoms with Crippen molar-refractivity contribution in [2.24, 2.45) is 0 Å². The molecule has 0 amide bonds. The number of nitrogens with one attached hydrogen (secondary N) is 1. The van der Waals surface area contributed by atoms with Gasteiger partial charge in [0.1, 0.15) is 5.15 Å². The molecule has 0 fully saturated rings. The molecule has 0 saturated heterocycles. The number of aromatic nitrogens is 2. The highest BCUT2D eigenvalue weighted by atomic mass is 79.9. The zero-order valence-corrected chi connectivity index (χ0v) is 16.5. The monoisotopic (exact) mass is 413 g/mol. The third-order valence-electron chi connectivity index (χ3n) is 3.80. The first-order valence-corrected chi connectivity index (χ1v) is 8.85. The maximum absolute atomic E-state index is 12.8. The molecule has 0 aliphatic heterocycles. The van der Waals surface area contributed by atoms with Crippen LogP contribution in [0.25, 0.3) is 0 Å². The van der Waals surface area contributed by atoms with Crippen molar-refractivity contribution in [1.82, 2.24) is 9.55 Å². The summed E-state index contributed by atoms with van der Waals surface area (Å²) in [6, 6.07) is 3.93. The van der Waals surface area contributed by atoms with Crippen molar-refractivity contribution in [1.29, 1.82) is 0 Å². The fourth-order valence-electron chi connectivity index (χ4n) is 2.61. The normalized spacial score (nSPS) is 12.2. The topological polar surface area (TPSA) is 56.1 Å². The van der Waals surface area contributed by atoms with Crippen LogP contribution in [-0.2, 0) is 4.74 Å². The predicted molar refractivity (Wildman–Crippen MR) is 102 cm³/mol. The molecule has 0 aliphatic carbocycles.